The number of benzene rings is 2. The third kappa shape index (κ3) is 26.4. The van der Waals surface area contributed by atoms with Gasteiger partial charge in [0.15, 0.2) is 11.6 Å². The van der Waals surface area contributed by atoms with E-state index in [9.17, 15) is 63.3 Å². The molecule has 2 aliphatic carbocycles. The van der Waals surface area contributed by atoms with Crippen molar-refractivity contribution in [3.05, 3.63) is 94.5 Å². The maximum atomic E-state index is 15.3. The van der Waals surface area contributed by atoms with Gasteiger partial charge in [-0.3, -0.25) is 62.7 Å². The molecule has 107 heavy (non-hydrogen) atoms. The Hall–Kier alpha value is -9.14. The number of carbonyl (C=O) groups excluding carboxylic acids is 11. The first-order valence-electron chi connectivity index (χ1n) is 38.1. The highest BCUT2D eigenvalue weighted by molar-refractivity contribution is 6.23. The summed E-state index contributed by atoms with van der Waals surface area (Å²) in [5.41, 5.74) is 1.33. The first kappa shape index (κ1) is 86.8. The summed E-state index contributed by atoms with van der Waals surface area (Å²) >= 11 is 0. The van der Waals surface area contributed by atoms with Crippen molar-refractivity contribution in [2.75, 3.05) is 26.2 Å². The quantitative estimate of drug-likeness (QED) is 0.0253. The lowest BCUT2D eigenvalue weighted by Crippen LogP contribution is -2.61. The van der Waals surface area contributed by atoms with Crippen molar-refractivity contribution in [2.24, 2.45) is 44.5 Å². The molecule has 10 atom stereocenters. The molecule has 2 heterocycles. The Balaban J connectivity index is 1.24. The van der Waals surface area contributed by atoms with Crippen molar-refractivity contribution in [2.45, 2.75) is 260 Å². The molecule has 0 radical (unpaired) electrons. The summed E-state index contributed by atoms with van der Waals surface area (Å²) in [6.07, 6.45) is 3.14. The van der Waals surface area contributed by atoms with E-state index in [4.69, 9.17) is 0 Å². The Morgan fingerprint density at radius 3 is 1.29 bits per heavy atom. The van der Waals surface area contributed by atoms with Crippen LogP contribution in [0.2, 0.25) is 0 Å². The maximum absolute atomic E-state index is 15.3. The summed E-state index contributed by atoms with van der Waals surface area (Å²) in [4.78, 5) is 181. The fourth-order valence-electron chi connectivity index (χ4n) is 14.3. The first-order valence-corrected chi connectivity index (χ1v) is 38.1. The monoisotopic (exact) mass is 1490 g/mol. The largest absolute Gasteiger partial charge is 0.511 e. The van der Waals surface area contributed by atoms with Crippen LogP contribution in [0.25, 0.3) is 0 Å². The van der Waals surface area contributed by atoms with E-state index in [1.54, 1.807) is 102 Å². The van der Waals surface area contributed by atoms with Gasteiger partial charge in [0.25, 0.3) is 0 Å². The van der Waals surface area contributed by atoms with Crippen molar-refractivity contribution in [1.29, 1.82) is 0 Å². The number of aliphatic imine (C=N–C) groups is 2. The Labute approximate surface area is 630 Å². The zero-order chi connectivity index (χ0) is 79.2. The number of nitrogens with zero attached hydrogens (tertiary/aromatic N) is 3. The fourth-order valence-corrected chi connectivity index (χ4v) is 14.3. The average Bonchev–Trinajstić information content (AvgIpc) is 1.53. The fraction of sp³-hybridized carbons (Fsp3) is 0.625. The number of aliphatic carboxylic acids is 1. The van der Waals surface area contributed by atoms with Crippen LogP contribution in [0.5, 0.6) is 0 Å². The number of carboxylic acids is 1. The number of carboxylic acid groups (broad SMARTS) is 1. The second-order valence-electron chi connectivity index (χ2n) is 32.4. The van der Waals surface area contributed by atoms with E-state index in [0.29, 0.717) is 48.4 Å². The number of aliphatic hydroxyl groups excluding tert-OH is 2. The molecule has 0 saturated carbocycles. The molecule has 0 aromatic heterocycles. The standard InChI is InChI=1S/C80H118N12O15/c1-45(2)37-56(86-70(98)54(84-75(103)67(47(5)6)90-69(97)53-29-21-35-83-53)30-22-33-81-49(9)65-61(93)41-79(11,12)42-62(65)94)72(100)88-58(39-51-25-17-15-18-26-51)77(105)92-36-24-32-60(92)74(102)91-68(48(7)8)76(104)85-55(31-23-34-82-50(10)66-63(95)43-80(13,14)44-64(66)96)71(99)87-57(38-46(3)4)73(101)89-59(78(106)107)40-52-27-19-16-20-28-52/h15-20,25-28,45-48,53-60,67-68,83,93,95H,21-24,29-44H2,1-14H3,(H,84,103)(H,85,104)(H,86,98)(H,87,99)(H,88,100)(H,89,101)(H,90,97)(H,91,102)(H,106,107)/t53-,54-,55-,56-,57-,58+,59+,60-,67-,68-/m0/s1. The minimum absolute atomic E-state index is 0.0135. The van der Waals surface area contributed by atoms with Gasteiger partial charge in [-0.15, -0.1) is 0 Å². The van der Waals surface area contributed by atoms with Crippen LogP contribution in [-0.2, 0) is 70.4 Å². The summed E-state index contributed by atoms with van der Waals surface area (Å²) in [5.74, 6) is -9.53. The van der Waals surface area contributed by atoms with E-state index in [1.807, 2.05) is 55.4 Å². The molecular weight excluding hydrogens is 1370 g/mol. The number of hydrogen-bond donors (Lipinski definition) is 12. The summed E-state index contributed by atoms with van der Waals surface area (Å²) in [6.45, 7) is 25.8. The molecule has 588 valence electrons. The number of Topliss-reactive ketones (excluding diaryl/α,β-unsaturated/α-hetero) is 2. The topological polar surface area (TPSA) is 402 Å². The summed E-state index contributed by atoms with van der Waals surface area (Å²) in [6, 6.07) is 5.64. The summed E-state index contributed by atoms with van der Waals surface area (Å²) < 4.78 is 0. The number of ketones is 2. The van der Waals surface area contributed by atoms with E-state index in [-0.39, 0.29) is 149 Å². The molecule has 2 aliphatic heterocycles. The molecule has 2 aromatic carbocycles. The number of nitrogens with one attached hydrogen (secondary N) is 9. The number of likely N-dealkylation sites (tertiary alicyclic amines) is 1. The zero-order valence-corrected chi connectivity index (χ0v) is 65.1. The number of carbonyl (C=O) groups is 12. The lowest BCUT2D eigenvalue weighted by atomic mass is 9.76. The van der Waals surface area contributed by atoms with Crippen molar-refractivity contribution < 1.29 is 72.9 Å². The predicted molar refractivity (Wildman–Crippen MR) is 407 cm³/mol. The first-order chi connectivity index (χ1) is 50.3. The van der Waals surface area contributed by atoms with Crippen molar-refractivity contribution in [3.63, 3.8) is 0 Å². The smallest absolute Gasteiger partial charge is 0.326 e. The van der Waals surface area contributed by atoms with Gasteiger partial charge in [0, 0.05) is 69.6 Å². The minimum atomic E-state index is -1.38. The SMILES string of the molecule is CC(=NCCC[C@H](NC(=O)[C@@H](NC(=O)[C@@H]1CCCN1)C(C)C)C(=O)N[C@@H](CC(C)C)C(=O)N[C@H](Cc1ccccc1)C(=O)N1CCC[C@H]1C(=O)N[C@H](C(=O)N[C@@H](CCCN=C(C)C1=C(O)CC(C)(C)CC1=O)C(=O)N[C@@H](CC(C)C)C(=O)N[C@H](Cc1ccccc1)C(=O)O)C(C)C)C1=C(O)CC(C)(C)CC1=O. The van der Waals surface area contributed by atoms with Gasteiger partial charge in [0.1, 0.15) is 65.9 Å². The predicted octanol–water partition coefficient (Wildman–Crippen LogP) is 6.47. The highest BCUT2D eigenvalue weighted by Crippen LogP contribution is 2.37. The molecule has 2 saturated heterocycles. The lowest BCUT2D eigenvalue weighted by molar-refractivity contribution is -0.143. The molecule has 0 bridgehead atoms. The Bertz CT molecular complexity index is 3630. The van der Waals surface area contributed by atoms with E-state index in [1.165, 1.54) is 4.90 Å². The Kier molecular flexibility index (Phi) is 32.6. The second-order valence-corrected chi connectivity index (χ2v) is 32.4. The van der Waals surface area contributed by atoms with Gasteiger partial charge >= 0.3 is 5.97 Å². The minimum Gasteiger partial charge on any atom is -0.511 e. The van der Waals surface area contributed by atoms with Crippen LogP contribution >= 0.6 is 0 Å². The molecule has 6 rings (SSSR count). The number of rotatable bonds is 38. The van der Waals surface area contributed by atoms with Gasteiger partial charge in [-0.25, -0.2) is 4.79 Å². The maximum Gasteiger partial charge on any atom is 0.326 e. The number of aliphatic hydroxyl groups is 2. The van der Waals surface area contributed by atoms with E-state index in [0.717, 1.165) is 6.42 Å². The highest BCUT2D eigenvalue weighted by Gasteiger charge is 2.43. The average molecular weight is 1490 g/mol. The van der Waals surface area contributed by atoms with Crippen LogP contribution in [0.1, 0.15) is 198 Å². The van der Waals surface area contributed by atoms with Crippen LogP contribution < -0.4 is 47.9 Å². The summed E-state index contributed by atoms with van der Waals surface area (Å²) in [5, 5.41) is 57.7. The molecule has 9 amide bonds. The Morgan fingerprint density at radius 1 is 0.505 bits per heavy atom. The van der Waals surface area contributed by atoms with Gasteiger partial charge in [-0.1, -0.05) is 144 Å². The zero-order valence-electron chi connectivity index (χ0n) is 65.1. The molecule has 0 spiro atoms. The van der Waals surface area contributed by atoms with Crippen molar-refractivity contribution >= 4 is 82.1 Å². The molecular formula is C80H118N12O15. The molecule has 2 fully saturated rings. The van der Waals surface area contributed by atoms with Crippen LogP contribution in [-0.4, -0.2) is 189 Å². The van der Waals surface area contributed by atoms with Gasteiger partial charge in [-0.2, -0.15) is 0 Å². The van der Waals surface area contributed by atoms with Crippen LogP contribution in [0.4, 0.5) is 0 Å². The molecule has 12 N–H and O–H groups in total. The highest BCUT2D eigenvalue weighted by atomic mass is 16.4. The van der Waals surface area contributed by atoms with Crippen LogP contribution in [0, 0.1) is 34.5 Å². The van der Waals surface area contributed by atoms with Gasteiger partial charge < -0.3 is 68.1 Å². The normalized spacial score (nSPS) is 19.8. The van der Waals surface area contributed by atoms with E-state index in [2.05, 4.69) is 57.8 Å². The van der Waals surface area contributed by atoms with Crippen LogP contribution in [0.3, 0.4) is 0 Å². The molecule has 4 aliphatic rings. The molecule has 27 heteroatoms. The number of amides is 9. The number of hydrogen-bond acceptors (Lipinski definition) is 17. The van der Waals surface area contributed by atoms with Gasteiger partial charge in [0.05, 0.1) is 17.2 Å². The molecule has 2 aromatic rings. The van der Waals surface area contributed by atoms with E-state index >= 15 is 9.59 Å². The van der Waals surface area contributed by atoms with Gasteiger partial charge in [-0.05, 0) is 130 Å². The molecule has 0 unspecified atom stereocenters. The third-order valence-electron chi connectivity index (χ3n) is 19.9. The van der Waals surface area contributed by atoms with Crippen molar-refractivity contribution in [3.8, 4) is 0 Å². The van der Waals surface area contributed by atoms with Crippen LogP contribution in [0.15, 0.2) is 93.3 Å². The third-order valence-corrected chi connectivity index (χ3v) is 19.9. The summed E-state index contributed by atoms with van der Waals surface area (Å²) in [7, 11) is 0. The lowest BCUT2D eigenvalue weighted by Gasteiger charge is -2.32. The van der Waals surface area contributed by atoms with Gasteiger partial charge in [0.2, 0.25) is 53.2 Å². The number of allylic oxidation sites excluding steroid dienone is 4. The van der Waals surface area contributed by atoms with E-state index < -0.39 is 136 Å². The van der Waals surface area contributed by atoms with Crippen molar-refractivity contribution in [1.82, 2.24) is 52.8 Å². The molecule has 27 nitrogen and oxygen atoms in total. The second kappa shape index (κ2) is 40.2. The Morgan fingerprint density at radius 2 is 0.897 bits per heavy atom.